The molecule has 0 saturated carbocycles. The molecule has 0 fully saturated rings. The van der Waals surface area contributed by atoms with E-state index in [1.807, 2.05) is 66.1 Å². The number of halogens is 1. The Hall–Kier alpha value is -2.68. The summed E-state index contributed by atoms with van der Waals surface area (Å²) in [5.74, 6) is 0.803. The molecule has 0 aliphatic rings. The zero-order chi connectivity index (χ0) is 18.4. The number of methoxy groups -OCH3 is 1. The third-order valence-electron chi connectivity index (χ3n) is 3.63. The lowest BCUT2D eigenvalue weighted by Crippen LogP contribution is -1.84. The number of ether oxygens (including phenoxy) is 1. The van der Waals surface area contributed by atoms with Crippen LogP contribution in [0, 0.1) is 11.3 Å². The van der Waals surface area contributed by atoms with Gasteiger partial charge in [0.25, 0.3) is 0 Å². The van der Waals surface area contributed by atoms with Crippen LogP contribution in [0.25, 0.3) is 22.9 Å². The van der Waals surface area contributed by atoms with Crippen LogP contribution in [0.4, 0.5) is 0 Å². The van der Waals surface area contributed by atoms with Crippen molar-refractivity contribution in [2.75, 3.05) is 7.11 Å². The molecule has 0 bridgehead atoms. The Bertz CT molecular complexity index is 983. The van der Waals surface area contributed by atoms with Crippen LogP contribution in [0.15, 0.2) is 70.5 Å². The van der Waals surface area contributed by atoms with Crippen LogP contribution >= 0.6 is 27.3 Å². The van der Waals surface area contributed by atoms with E-state index in [9.17, 15) is 5.26 Å². The Morgan fingerprint density at radius 3 is 2.54 bits per heavy atom. The number of thiazole rings is 1. The van der Waals surface area contributed by atoms with Gasteiger partial charge in [0.1, 0.15) is 16.8 Å². The Labute approximate surface area is 165 Å². The van der Waals surface area contributed by atoms with E-state index in [0.29, 0.717) is 10.6 Å². The highest BCUT2D eigenvalue weighted by Crippen LogP contribution is 2.28. The molecule has 26 heavy (non-hydrogen) atoms. The first-order valence-electron chi connectivity index (χ1n) is 7.84. The number of aromatic nitrogens is 1. The summed E-state index contributed by atoms with van der Waals surface area (Å²) >= 11 is 4.97. The fourth-order valence-electron chi connectivity index (χ4n) is 2.32. The monoisotopic (exact) mass is 422 g/mol. The Kier molecular flexibility index (Phi) is 6.00. The van der Waals surface area contributed by atoms with Gasteiger partial charge in [-0.15, -0.1) is 11.3 Å². The summed E-state index contributed by atoms with van der Waals surface area (Å²) in [5.41, 5.74) is 3.42. The highest BCUT2D eigenvalue weighted by Gasteiger charge is 2.09. The van der Waals surface area contributed by atoms with Crippen molar-refractivity contribution in [2.24, 2.45) is 0 Å². The fraction of sp³-hybridized carbons (Fsp3) is 0.0476. The average molecular weight is 423 g/mol. The third-order valence-corrected chi connectivity index (χ3v) is 4.96. The summed E-state index contributed by atoms with van der Waals surface area (Å²) in [5, 5.41) is 12.2. The van der Waals surface area contributed by atoms with Crippen LogP contribution in [-0.4, -0.2) is 12.1 Å². The van der Waals surface area contributed by atoms with Gasteiger partial charge in [-0.25, -0.2) is 4.98 Å². The van der Waals surface area contributed by atoms with Crippen molar-refractivity contribution in [3.05, 3.63) is 81.1 Å². The zero-order valence-electron chi connectivity index (χ0n) is 14.0. The van der Waals surface area contributed by atoms with E-state index >= 15 is 0 Å². The zero-order valence-corrected chi connectivity index (χ0v) is 16.4. The van der Waals surface area contributed by atoms with Crippen LogP contribution in [0.2, 0.25) is 0 Å². The number of benzene rings is 2. The molecule has 0 radical (unpaired) electrons. The van der Waals surface area contributed by atoms with Gasteiger partial charge in [-0.3, -0.25) is 0 Å². The van der Waals surface area contributed by atoms with Gasteiger partial charge in [0.2, 0.25) is 0 Å². The first-order valence-corrected chi connectivity index (χ1v) is 9.51. The van der Waals surface area contributed by atoms with Crippen molar-refractivity contribution in [1.29, 1.82) is 5.26 Å². The Balaban J connectivity index is 1.86. The van der Waals surface area contributed by atoms with Gasteiger partial charge >= 0.3 is 0 Å². The maximum Gasteiger partial charge on any atom is 0.134 e. The largest absolute Gasteiger partial charge is 0.497 e. The molecule has 0 saturated heterocycles. The molecular formula is C21H15BrN2OS. The molecule has 0 aliphatic carbocycles. The number of hydrogen-bond acceptors (Lipinski definition) is 4. The predicted octanol–water partition coefficient (Wildman–Crippen LogP) is 6.16. The first kappa shape index (κ1) is 18.1. The van der Waals surface area contributed by atoms with Crippen LogP contribution in [0.1, 0.15) is 10.6 Å². The molecular weight excluding hydrogens is 408 g/mol. The van der Waals surface area contributed by atoms with E-state index in [-0.39, 0.29) is 0 Å². The molecule has 3 rings (SSSR count). The number of hydrogen-bond donors (Lipinski definition) is 0. The highest BCUT2D eigenvalue weighted by atomic mass is 79.9. The molecule has 3 nitrogen and oxygen atoms in total. The third kappa shape index (κ3) is 4.48. The lowest BCUT2D eigenvalue weighted by Gasteiger charge is -2.00. The van der Waals surface area contributed by atoms with Gasteiger partial charge in [0.15, 0.2) is 0 Å². The number of nitrogens with zero attached hydrogens (tertiary/aromatic N) is 2. The second kappa shape index (κ2) is 8.61. The summed E-state index contributed by atoms with van der Waals surface area (Å²) in [6.45, 7) is 0. The van der Waals surface area contributed by atoms with Gasteiger partial charge in [-0.05, 0) is 42.0 Å². The molecule has 128 valence electrons. The van der Waals surface area contributed by atoms with E-state index in [0.717, 1.165) is 27.1 Å². The molecule has 0 atom stereocenters. The predicted molar refractivity (Wildman–Crippen MR) is 111 cm³/mol. The highest BCUT2D eigenvalue weighted by molar-refractivity contribution is 9.12. The van der Waals surface area contributed by atoms with Crippen LogP contribution in [0.3, 0.4) is 0 Å². The van der Waals surface area contributed by atoms with Crippen molar-refractivity contribution in [1.82, 2.24) is 4.98 Å². The van der Waals surface area contributed by atoms with Crippen LogP contribution < -0.4 is 4.74 Å². The minimum Gasteiger partial charge on any atom is -0.497 e. The van der Waals surface area contributed by atoms with Crippen molar-refractivity contribution < 1.29 is 4.74 Å². The minimum atomic E-state index is 0.522. The summed E-state index contributed by atoms with van der Waals surface area (Å²) < 4.78 is 6.00. The van der Waals surface area contributed by atoms with Gasteiger partial charge in [0, 0.05) is 15.4 Å². The molecule has 0 amide bonds. The maximum atomic E-state index is 9.53. The minimum absolute atomic E-state index is 0.522. The molecule has 5 heteroatoms. The van der Waals surface area contributed by atoms with Crippen LogP contribution in [0.5, 0.6) is 5.75 Å². The first-order chi connectivity index (χ1) is 12.7. The van der Waals surface area contributed by atoms with E-state index in [1.165, 1.54) is 11.3 Å². The quantitative estimate of drug-likeness (QED) is 0.365. The van der Waals surface area contributed by atoms with Crippen molar-refractivity contribution in [2.45, 2.75) is 0 Å². The Morgan fingerprint density at radius 2 is 1.88 bits per heavy atom. The number of rotatable bonds is 5. The standard InChI is InChI=1S/C21H15BrN2OS/c1-25-19-9-7-16(8-10-19)20-14-26-21(24-20)17(13-23)12-18(22)11-15-5-3-2-4-6-15/h2-12,14H,1H3/b17-12-,18-11-. The normalized spacial score (nSPS) is 11.9. The van der Waals surface area contributed by atoms with Gasteiger partial charge in [0.05, 0.1) is 18.4 Å². The van der Waals surface area contributed by atoms with Crippen LogP contribution in [-0.2, 0) is 0 Å². The van der Waals surface area contributed by atoms with Crippen molar-refractivity contribution >= 4 is 38.9 Å². The molecule has 0 unspecified atom stereocenters. The smallest absolute Gasteiger partial charge is 0.134 e. The van der Waals surface area contributed by atoms with E-state index in [2.05, 4.69) is 27.0 Å². The average Bonchev–Trinajstić information content (AvgIpc) is 3.17. The van der Waals surface area contributed by atoms with Crippen molar-refractivity contribution in [3.8, 4) is 23.1 Å². The summed E-state index contributed by atoms with van der Waals surface area (Å²) in [7, 11) is 1.64. The lowest BCUT2D eigenvalue weighted by molar-refractivity contribution is 0.415. The maximum absolute atomic E-state index is 9.53. The van der Waals surface area contributed by atoms with E-state index in [1.54, 1.807) is 13.2 Å². The summed E-state index contributed by atoms with van der Waals surface area (Å²) in [6.07, 6.45) is 3.76. The van der Waals surface area contributed by atoms with Gasteiger partial charge in [-0.1, -0.05) is 46.3 Å². The topological polar surface area (TPSA) is 45.9 Å². The van der Waals surface area contributed by atoms with E-state index < -0.39 is 0 Å². The molecule has 0 spiro atoms. The number of nitriles is 1. The van der Waals surface area contributed by atoms with Gasteiger partial charge < -0.3 is 4.74 Å². The second-order valence-corrected chi connectivity index (χ2v) is 7.15. The molecule has 1 heterocycles. The fourth-order valence-corrected chi connectivity index (χ4v) is 3.61. The van der Waals surface area contributed by atoms with Crippen molar-refractivity contribution in [3.63, 3.8) is 0 Å². The van der Waals surface area contributed by atoms with Gasteiger partial charge in [-0.2, -0.15) is 5.26 Å². The molecule has 0 N–H and O–H groups in total. The summed E-state index contributed by atoms with van der Waals surface area (Å²) in [6, 6.07) is 19.9. The molecule has 0 aliphatic heterocycles. The number of allylic oxidation sites excluding steroid dienone is 3. The molecule has 2 aromatic carbocycles. The SMILES string of the molecule is COc1ccc(-c2csc(/C(C#N)=C\C(Br)=C\c3ccccc3)n2)cc1. The Morgan fingerprint density at radius 1 is 1.15 bits per heavy atom. The molecule has 3 aromatic rings. The lowest BCUT2D eigenvalue weighted by atomic mass is 10.1. The second-order valence-electron chi connectivity index (χ2n) is 5.38. The van der Waals surface area contributed by atoms with E-state index in [4.69, 9.17) is 4.74 Å². The molecule has 1 aromatic heterocycles. The summed E-state index contributed by atoms with van der Waals surface area (Å²) in [4.78, 5) is 4.61.